The lowest BCUT2D eigenvalue weighted by Gasteiger charge is -2.29. The minimum absolute atomic E-state index is 0.0557. The highest BCUT2D eigenvalue weighted by atomic mass is 32.1. The number of nitrogens with zero attached hydrogens (tertiary/aromatic N) is 1. The molecule has 1 aliphatic rings. The van der Waals surface area contributed by atoms with E-state index in [0.717, 1.165) is 21.9 Å². The number of hydrogen-bond acceptors (Lipinski definition) is 3. The molecule has 0 fully saturated rings. The molecule has 4 heteroatoms. The van der Waals surface area contributed by atoms with Gasteiger partial charge in [0.15, 0.2) is 0 Å². The molecule has 0 saturated heterocycles. The van der Waals surface area contributed by atoms with E-state index in [0.29, 0.717) is 13.2 Å². The van der Waals surface area contributed by atoms with Gasteiger partial charge in [-0.2, -0.15) is 0 Å². The predicted octanol–water partition coefficient (Wildman–Crippen LogP) is 3.10. The van der Waals surface area contributed by atoms with Crippen molar-refractivity contribution in [3.8, 4) is 5.75 Å². The van der Waals surface area contributed by atoms with Crippen LogP contribution in [0.5, 0.6) is 5.75 Å². The van der Waals surface area contributed by atoms with Gasteiger partial charge in [-0.1, -0.05) is 12.1 Å². The van der Waals surface area contributed by atoms with Gasteiger partial charge in [-0.3, -0.25) is 4.79 Å². The Hall–Kier alpha value is -1.81. The second-order valence-corrected chi connectivity index (χ2v) is 5.20. The van der Waals surface area contributed by atoms with Crippen molar-refractivity contribution in [2.75, 3.05) is 18.1 Å². The lowest BCUT2D eigenvalue weighted by atomic mass is 10.1. The summed E-state index contributed by atoms with van der Waals surface area (Å²) in [4.78, 5) is 15.0. The van der Waals surface area contributed by atoms with Crippen LogP contribution in [0, 0.1) is 6.92 Å². The zero-order valence-corrected chi connectivity index (χ0v) is 10.9. The first-order valence-electron chi connectivity index (χ1n) is 5.84. The smallest absolute Gasteiger partial charge is 0.268 e. The van der Waals surface area contributed by atoms with Crippen LogP contribution in [0.15, 0.2) is 35.7 Å². The van der Waals surface area contributed by atoms with Crippen molar-refractivity contribution in [3.05, 3.63) is 46.2 Å². The first kappa shape index (κ1) is 11.3. The van der Waals surface area contributed by atoms with E-state index in [1.54, 1.807) is 4.90 Å². The number of thiophene rings is 1. The van der Waals surface area contributed by atoms with Gasteiger partial charge in [0.2, 0.25) is 0 Å². The van der Waals surface area contributed by atoms with E-state index in [2.05, 4.69) is 0 Å². The molecule has 0 atom stereocenters. The van der Waals surface area contributed by atoms with Gasteiger partial charge in [-0.25, -0.2) is 0 Å². The van der Waals surface area contributed by atoms with Crippen LogP contribution in [0.4, 0.5) is 5.69 Å². The van der Waals surface area contributed by atoms with E-state index in [4.69, 9.17) is 4.74 Å². The number of rotatable bonds is 1. The molecular formula is C14H13NO2S. The molecule has 3 nitrogen and oxygen atoms in total. The van der Waals surface area contributed by atoms with Gasteiger partial charge in [-0.05, 0) is 36.1 Å². The Morgan fingerprint density at radius 3 is 3.06 bits per heavy atom. The Kier molecular flexibility index (Phi) is 2.80. The number of carbonyl (C=O) groups is 1. The zero-order chi connectivity index (χ0) is 12.5. The molecule has 0 spiro atoms. The van der Waals surface area contributed by atoms with Gasteiger partial charge in [0.05, 0.1) is 17.1 Å². The van der Waals surface area contributed by atoms with E-state index < -0.39 is 0 Å². The molecule has 1 amide bonds. The lowest BCUT2D eigenvalue weighted by molar-refractivity contribution is 0.0980. The number of amides is 1. The second-order valence-electron chi connectivity index (χ2n) is 4.25. The van der Waals surface area contributed by atoms with Crippen molar-refractivity contribution >= 4 is 22.9 Å². The average Bonchev–Trinajstić information content (AvgIpc) is 2.91. The number of aryl methyl sites for hydroxylation is 1. The van der Waals surface area contributed by atoms with Crippen molar-refractivity contribution in [1.82, 2.24) is 0 Å². The van der Waals surface area contributed by atoms with Crippen LogP contribution >= 0.6 is 11.3 Å². The van der Waals surface area contributed by atoms with Crippen molar-refractivity contribution in [3.63, 3.8) is 0 Å². The summed E-state index contributed by atoms with van der Waals surface area (Å²) >= 11 is 1.47. The maximum absolute atomic E-state index is 12.4. The average molecular weight is 259 g/mol. The quantitative estimate of drug-likeness (QED) is 0.787. The van der Waals surface area contributed by atoms with Crippen molar-refractivity contribution in [1.29, 1.82) is 0 Å². The Balaban J connectivity index is 2.01. The van der Waals surface area contributed by atoms with Crippen LogP contribution in [0.1, 0.15) is 15.2 Å². The minimum Gasteiger partial charge on any atom is -0.490 e. The molecule has 1 aliphatic heterocycles. The summed E-state index contributed by atoms with van der Waals surface area (Å²) in [6, 6.07) is 9.68. The fraction of sp³-hybridized carbons (Fsp3) is 0.214. The number of benzene rings is 1. The predicted molar refractivity (Wildman–Crippen MR) is 72.7 cm³/mol. The Bertz CT molecular complexity index is 577. The van der Waals surface area contributed by atoms with Crippen LogP contribution in [-0.2, 0) is 0 Å². The number of ether oxygens (including phenoxy) is 1. The summed E-state index contributed by atoms with van der Waals surface area (Å²) in [5.74, 6) is 0.844. The van der Waals surface area contributed by atoms with Crippen LogP contribution in [0.25, 0.3) is 0 Å². The van der Waals surface area contributed by atoms with E-state index in [-0.39, 0.29) is 5.91 Å². The van der Waals surface area contributed by atoms with Crippen LogP contribution < -0.4 is 9.64 Å². The van der Waals surface area contributed by atoms with E-state index in [1.165, 1.54) is 11.3 Å². The summed E-state index contributed by atoms with van der Waals surface area (Å²) in [6.07, 6.45) is 0. The van der Waals surface area contributed by atoms with Gasteiger partial charge in [0.1, 0.15) is 12.4 Å². The standard InChI is InChI=1S/C14H13NO2S/c1-10-4-5-12-11(9-10)15(6-7-17-12)14(16)13-3-2-8-18-13/h2-5,8-9H,6-7H2,1H3. The largest absolute Gasteiger partial charge is 0.490 e. The molecule has 1 aromatic carbocycles. The summed E-state index contributed by atoms with van der Waals surface area (Å²) < 4.78 is 5.59. The highest BCUT2D eigenvalue weighted by Crippen LogP contribution is 2.33. The number of fused-ring (bicyclic) bond motifs is 1. The van der Waals surface area contributed by atoms with Crippen molar-refractivity contribution in [2.45, 2.75) is 6.92 Å². The third-order valence-corrected chi connectivity index (χ3v) is 3.81. The molecule has 1 aromatic heterocycles. The van der Waals surface area contributed by atoms with Crippen LogP contribution in [-0.4, -0.2) is 19.1 Å². The van der Waals surface area contributed by atoms with Gasteiger partial charge < -0.3 is 9.64 Å². The van der Waals surface area contributed by atoms with Gasteiger partial charge in [0, 0.05) is 0 Å². The number of anilines is 1. The molecular weight excluding hydrogens is 246 g/mol. The molecule has 0 unspecified atom stereocenters. The fourth-order valence-corrected chi connectivity index (χ4v) is 2.74. The molecule has 92 valence electrons. The maximum Gasteiger partial charge on any atom is 0.268 e. The lowest BCUT2D eigenvalue weighted by Crippen LogP contribution is -2.37. The zero-order valence-electron chi connectivity index (χ0n) is 10.1. The molecule has 2 aromatic rings. The van der Waals surface area contributed by atoms with E-state index in [1.807, 2.05) is 42.6 Å². The summed E-state index contributed by atoms with van der Waals surface area (Å²) in [7, 11) is 0. The fourth-order valence-electron chi connectivity index (χ4n) is 2.07. The minimum atomic E-state index is 0.0557. The Labute approximate surface area is 110 Å². The van der Waals surface area contributed by atoms with Crippen LogP contribution in [0.2, 0.25) is 0 Å². The monoisotopic (exact) mass is 259 g/mol. The third-order valence-electron chi connectivity index (χ3n) is 2.95. The molecule has 0 saturated carbocycles. The normalized spacial score (nSPS) is 13.9. The van der Waals surface area contributed by atoms with Gasteiger partial charge >= 0.3 is 0 Å². The maximum atomic E-state index is 12.4. The second kappa shape index (κ2) is 4.46. The number of hydrogen-bond donors (Lipinski definition) is 0. The molecule has 0 radical (unpaired) electrons. The van der Waals surface area contributed by atoms with Gasteiger partial charge in [-0.15, -0.1) is 11.3 Å². The van der Waals surface area contributed by atoms with Gasteiger partial charge in [0.25, 0.3) is 5.91 Å². The summed E-state index contributed by atoms with van der Waals surface area (Å²) in [5.41, 5.74) is 2.00. The third kappa shape index (κ3) is 1.88. The molecule has 0 bridgehead atoms. The number of carbonyl (C=O) groups excluding carboxylic acids is 1. The molecule has 2 heterocycles. The summed E-state index contributed by atoms with van der Waals surface area (Å²) in [5, 5.41) is 1.92. The topological polar surface area (TPSA) is 29.5 Å². The first-order chi connectivity index (χ1) is 8.75. The van der Waals surface area contributed by atoms with E-state index in [9.17, 15) is 4.79 Å². The highest BCUT2D eigenvalue weighted by molar-refractivity contribution is 7.12. The Morgan fingerprint density at radius 2 is 2.28 bits per heavy atom. The SMILES string of the molecule is Cc1ccc2c(c1)N(C(=O)c1cccs1)CCO2. The molecule has 3 rings (SSSR count). The van der Waals surface area contributed by atoms with Crippen LogP contribution in [0.3, 0.4) is 0 Å². The summed E-state index contributed by atoms with van der Waals surface area (Å²) in [6.45, 7) is 3.17. The van der Waals surface area contributed by atoms with E-state index >= 15 is 0 Å². The molecule has 18 heavy (non-hydrogen) atoms. The van der Waals surface area contributed by atoms with Crippen molar-refractivity contribution in [2.24, 2.45) is 0 Å². The highest BCUT2D eigenvalue weighted by Gasteiger charge is 2.25. The van der Waals surface area contributed by atoms with Crippen molar-refractivity contribution < 1.29 is 9.53 Å². The molecule has 0 N–H and O–H groups in total. The first-order valence-corrected chi connectivity index (χ1v) is 6.72. The Morgan fingerprint density at radius 1 is 1.39 bits per heavy atom. The molecule has 0 aliphatic carbocycles.